The molecule has 1 rings (SSSR count). The van der Waals surface area contributed by atoms with Crippen LogP contribution < -0.4 is 10.6 Å². The third kappa shape index (κ3) is 6.17. The number of carbonyl (C=O) groups is 3. The van der Waals surface area contributed by atoms with Crippen molar-refractivity contribution in [3.8, 4) is 0 Å². The van der Waals surface area contributed by atoms with Crippen LogP contribution in [0.3, 0.4) is 0 Å². The molecule has 1 heterocycles. The van der Waals surface area contributed by atoms with E-state index >= 15 is 0 Å². The van der Waals surface area contributed by atoms with E-state index in [2.05, 4.69) is 20.8 Å². The molecule has 116 valence electrons. The Morgan fingerprint density at radius 1 is 1.24 bits per heavy atom. The average molecular weight is 316 g/mol. The Hall–Kier alpha value is -2.23. The van der Waals surface area contributed by atoms with Crippen LogP contribution in [0.4, 0.5) is 9.93 Å². The number of rotatable bonds is 7. The molecule has 1 unspecified atom stereocenters. The van der Waals surface area contributed by atoms with Crippen molar-refractivity contribution in [1.29, 1.82) is 0 Å². The van der Waals surface area contributed by atoms with Crippen molar-refractivity contribution in [3.05, 3.63) is 5.01 Å². The number of aromatic nitrogens is 2. The fourth-order valence-corrected chi connectivity index (χ4v) is 2.35. The number of carbonyl (C=O) groups excluding carboxylic acids is 1. The Bertz CT molecular complexity index is 530. The predicted octanol–water partition coefficient (Wildman–Crippen LogP) is 0.786. The zero-order chi connectivity index (χ0) is 16.0. The highest BCUT2D eigenvalue weighted by Crippen LogP contribution is 2.18. The lowest BCUT2D eigenvalue weighted by molar-refractivity contribution is -0.145. The van der Waals surface area contributed by atoms with Crippen LogP contribution in [0, 0.1) is 5.92 Å². The summed E-state index contributed by atoms with van der Waals surface area (Å²) in [4.78, 5) is 32.9. The van der Waals surface area contributed by atoms with Crippen molar-refractivity contribution < 1.29 is 24.6 Å². The van der Waals surface area contributed by atoms with Crippen molar-refractivity contribution in [2.24, 2.45) is 5.92 Å². The van der Waals surface area contributed by atoms with E-state index in [1.54, 1.807) is 0 Å². The van der Waals surface area contributed by atoms with Gasteiger partial charge in [0, 0.05) is 6.42 Å². The van der Waals surface area contributed by atoms with Crippen LogP contribution in [0.5, 0.6) is 0 Å². The molecule has 4 N–H and O–H groups in total. The molecule has 9 nitrogen and oxygen atoms in total. The molecule has 0 spiro atoms. The summed E-state index contributed by atoms with van der Waals surface area (Å²) in [5.41, 5.74) is 0. The highest BCUT2D eigenvalue weighted by molar-refractivity contribution is 7.15. The predicted molar refractivity (Wildman–Crippen MR) is 74.3 cm³/mol. The number of hydrogen-bond donors (Lipinski definition) is 4. The first-order valence-corrected chi connectivity index (χ1v) is 6.94. The number of anilines is 1. The van der Waals surface area contributed by atoms with E-state index in [9.17, 15) is 14.4 Å². The van der Waals surface area contributed by atoms with Crippen LogP contribution in [-0.2, 0) is 16.0 Å². The van der Waals surface area contributed by atoms with Crippen LogP contribution in [-0.4, -0.2) is 44.4 Å². The lowest BCUT2D eigenvalue weighted by atomic mass is 10.1. The van der Waals surface area contributed by atoms with E-state index in [0.29, 0.717) is 5.92 Å². The van der Waals surface area contributed by atoms with Gasteiger partial charge in [-0.25, -0.2) is 9.59 Å². The number of nitrogens with one attached hydrogen (secondary N) is 2. The molecule has 0 aromatic carbocycles. The first-order chi connectivity index (χ1) is 9.77. The van der Waals surface area contributed by atoms with Gasteiger partial charge in [-0.3, -0.25) is 10.1 Å². The van der Waals surface area contributed by atoms with Gasteiger partial charge in [0.25, 0.3) is 0 Å². The first kappa shape index (κ1) is 16.8. The summed E-state index contributed by atoms with van der Waals surface area (Å²) < 4.78 is 0. The molecule has 0 aliphatic carbocycles. The second-order valence-electron chi connectivity index (χ2n) is 4.69. The van der Waals surface area contributed by atoms with E-state index in [1.807, 2.05) is 13.8 Å². The van der Waals surface area contributed by atoms with E-state index in [-0.39, 0.29) is 5.13 Å². The van der Waals surface area contributed by atoms with Gasteiger partial charge in [0.2, 0.25) is 5.13 Å². The van der Waals surface area contributed by atoms with Gasteiger partial charge in [-0.05, 0) is 5.92 Å². The molecule has 0 fully saturated rings. The van der Waals surface area contributed by atoms with Gasteiger partial charge in [-0.1, -0.05) is 25.2 Å². The van der Waals surface area contributed by atoms with Crippen LogP contribution >= 0.6 is 11.3 Å². The van der Waals surface area contributed by atoms with Gasteiger partial charge < -0.3 is 15.5 Å². The highest BCUT2D eigenvalue weighted by atomic mass is 32.1. The Labute approximate surface area is 124 Å². The lowest BCUT2D eigenvalue weighted by Crippen LogP contribution is -2.44. The fraction of sp³-hybridized carbons (Fsp3) is 0.545. The summed E-state index contributed by atoms with van der Waals surface area (Å²) in [5.74, 6) is -2.35. The van der Waals surface area contributed by atoms with Gasteiger partial charge in [0.15, 0.2) is 0 Å². The Morgan fingerprint density at radius 3 is 2.43 bits per heavy atom. The second-order valence-corrected chi connectivity index (χ2v) is 5.75. The van der Waals surface area contributed by atoms with E-state index in [4.69, 9.17) is 10.2 Å². The van der Waals surface area contributed by atoms with Crippen LogP contribution in [0.25, 0.3) is 0 Å². The van der Waals surface area contributed by atoms with Gasteiger partial charge in [0.1, 0.15) is 11.0 Å². The smallest absolute Gasteiger partial charge is 0.326 e. The van der Waals surface area contributed by atoms with E-state index in [0.717, 1.165) is 11.4 Å². The molecule has 1 atom stereocenters. The first-order valence-electron chi connectivity index (χ1n) is 6.12. The van der Waals surface area contributed by atoms with Gasteiger partial charge in [0.05, 0.1) is 6.42 Å². The van der Waals surface area contributed by atoms with Crippen molar-refractivity contribution in [2.75, 3.05) is 5.32 Å². The number of amides is 2. The number of urea groups is 1. The third-order valence-corrected chi connectivity index (χ3v) is 3.11. The Morgan fingerprint density at radius 2 is 1.90 bits per heavy atom. The van der Waals surface area contributed by atoms with Gasteiger partial charge >= 0.3 is 18.0 Å². The fourth-order valence-electron chi connectivity index (χ4n) is 1.40. The van der Waals surface area contributed by atoms with Crippen LogP contribution in [0.2, 0.25) is 0 Å². The number of nitrogens with zero attached hydrogens (tertiary/aromatic N) is 2. The maximum absolute atomic E-state index is 11.6. The van der Waals surface area contributed by atoms with Crippen molar-refractivity contribution in [2.45, 2.75) is 32.7 Å². The van der Waals surface area contributed by atoms with Crippen LogP contribution in [0.15, 0.2) is 0 Å². The standard InChI is InChI=1S/C11H16N4O5S/c1-5(2)3-7-14-15-11(21-7)13-10(20)12-6(9(18)19)4-8(16)17/h5-6H,3-4H2,1-2H3,(H,16,17)(H,18,19)(H2,12,13,15,20). The van der Waals surface area contributed by atoms with Gasteiger partial charge in [-0.15, -0.1) is 10.2 Å². The molecule has 2 amide bonds. The quantitative estimate of drug-likeness (QED) is 0.582. The number of carboxylic acids is 2. The molecule has 0 aliphatic heterocycles. The van der Waals surface area contributed by atoms with Crippen LogP contribution in [0.1, 0.15) is 25.3 Å². The van der Waals surface area contributed by atoms with Crippen molar-refractivity contribution in [3.63, 3.8) is 0 Å². The van der Waals surface area contributed by atoms with E-state index in [1.165, 1.54) is 11.3 Å². The molecule has 21 heavy (non-hydrogen) atoms. The Kier molecular flexibility index (Phi) is 6.03. The minimum Gasteiger partial charge on any atom is -0.481 e. The van der Waals surface area contributed by atoms with Crippen molar-refractivity contribution in [1.82, 2.24) is 15.5 Å². The molecule has 0 saturated heterocycles. The second kappa shape index (κ2) is 7.53. The molecule has 1 aromatic rings. The number of carboxylic acid groups (broad SMARTS) is 2. The minimum absolute atomic E-state index is 0.225. The summed E-state index contributed by atoms with van der Waals surface area (Å²) in [6, 6.07) is -2.35. The molecular formula is C11H16N4O5S. The minimum atomic E-state index is -1.51. The largest absolute Gasteiger partial charge is 0.481 e. The Balaban J connectivity index is 2.57. The molecule has 0 saturated carbocycles. The highest BCUT2D eigenvalue weighted by Gasteiger charge is 2.23. The maximum Gasteiger partial charge on any atom is 0.326 e. The number of hydrogen-bond acceptors (Lipinski definition) is 6. The molecule has 10 heteroatoms. The van der Waals surface area contributed by atoms with Gasteiger partial charge in [-0.2, -0.15) is 0 Å². The zero-order valence-electron chi connectivity index (χ0n) is 11.5. The van der Waals surface area contributed by atoms with E-state index < -0.39 is 30.4 Å². The lowest BCUT2D eigenvalue weighted by Gasteiger charge is -2.11. The summed E-state index contributed by atoms with van der Waals surface area (Å²) >= 11 is 1.18. The summed E-state index contributed by atoms with van der Waals surface area (Å²) in [5, 5.41) is 30.4. The molecule has 1 aromatic heterocycles. The zero-order valence-corrected chi connectivity index (χ0v) is 12.3. The number of aliphatic carboxylic acids is 2. The summed E-state index contributed by atoms with van der Waals surface area (Å²) in [6.07, 6.45) is 0.00913. The maximum atomic E-state index is 11.6. The third-order valence-electron chi connectivity index (χ3n) is 2.25. The monoisotopic (exact) mass is 316 g/mol. The molecule has 0 bridgehead atoms. The summed E-state index contributed by atoms with van der Waals surface area (Å²) in [6.45, 7) is 4.04. The molecule has 0 radical (unpaired) electrons. The SMILES string of the molecule is CC(C)Cc1nnc(NC(=O)NC(CC(=O)O)C(=O)O)s1. The topological polar surface area (TPSA) is 142 Å². The normalized spacial score (nSPS) is 12.0. The van der Waals surface area contributed by atoms with Crippen molar-refractivity contribution >= 4 is 34.4 Å². The molecular weight excluding hydrogens is 300 g/mol. The average Bonchev–Trinajstić information content (AvgIpc) is 2.73. The molecule has 0 aliphatic rings. The summed E-state index contributed by atoms with van der Waals surface area (Å²) in [7, 11) is 0.